The number of halogens is 1. The Morgan fingerprint density at radius 1 is 1.35 bits per heavy atom. The molecule has 0 aromatic heterocycles. The molecule has 0 fully saturated rings. The zero-order chi connectivity index (χ0) is 17.6. The number of carboxylic acid groups (broad SMARTS) is 1. The summed E-state index contributed by atoms with van der Waals surface area (Å²) in [4.78, 5) is 22.6. The van der Waals surface area contributed by atoms with Gasteiger partial charge in [-0.1, -0.05) is 6.92 Å². The van der Waals surface area contributed by atoms with Crippen molar-refractivity contribution in [2.24, 2.45) is 5.92 Å². The van der Waals surface area contributed by atoms with E-state index in [2.05, 4.69) is 5.32 Å². The van der Waals surface area contributed by atoms with Gasteiger partial charge in [-0.25, -0.2) is 14.0 Å². The van der Waals surface area contributed by atoms with Crippen molar-refractivity contribution >= 4 is 12.1 Å². The van der Waals surface area contributed by atoms with Crippen molar-refractivity contribution in [3.8, 4) is 5.75 Å². The van der Waals surface area contributed by atoms with Crippen LogP contribution >= 0.6 is 0 Å². The van der Waals surface area contributed by atoms with E-state index in [0.717, 1.165) is 18.2 Å². The van der Waals surface area contributed by atoms with Crippen molar-refractivity contribution in [2.45, 2.75) is 33.3 Å². The van der Waals surface area contributed by atoms with Crippen LogP contribution in [0.25, 0.3) is 0 Å². The van der Waals surface area contributed by atoms with E-state index < -0.39 is 23.5 Å². The largest absolute Gasteiger partial charge is 0.492 e. The molecule has 0 saturated heterocycles. The Morgan fingerprint density at radius 2 is 2.00 bits per heavy atom. The maximum atomic E-state index is 13.2. The first-order valence-electron chi connectivity index (χ1n) is 7.21. The molecule has 1 aromatic rings. The minimum atomic E-state index is -1.19. The molecule has 7 heteroatoms. The minimum absolute atomic E-state index is 0.0402. The van der Waals surface area contributed by atoms with Crippen LogP contribution in [0.2, 0.25) is 0 Å². The number of rotatable bonds is 6. The highest BCUT2D eigenvalue weighted by Gasteiger charge is 2.17. The lowest BCUT2D eigenvalue weighted by molar-refractivity contribution is 0.0516. The van der Waals surface area contributed by atoms with Crippen LogP contribution in [0.3, 0.4) is 0 Å². The number of ether oxygens (including phenoxy) is 2. The van der Waals surface area contributed by atoms with Gasteiger partial charge < -0.3 is 19.9 Å². The third-order valence-electron chi connectivity index (χ3n) is 2.69. The molecule has 0 bridgehead atoms. The third kappa shape index (κ3) is 6.99. The summed E-state index contributed by atoms with van der Waals surface area (Å²) in [5, 5.41) is 11.6. The third-order valence-corrected chi connectivity index (χ3v) is 2.69. The Labute approximate surface area is 134 Å². The molecule has 0 aliphatic carbocycles. The van der Waals surface area contributed by atoms with Crippen LogP contribution in [0.4, 0.5) is 9.18 Å². The summed E-state index contributed by atoms with van der Waals surface area (Å²) in [5.74, 6) is -1.93. The molecule has 6 nitrogen and oxygen atoms in total. The van der Waals surface area contributed by atoms with Gasteiger partial charge in [0.2, 0.25) is 0 Å². The first-order chi connectivity index (χ1) is 10.6. The lowest BCUT2D eigenvalue weighted by Gasteiger charge is -2.21. The number of hydrogen-bond donors (Lipinski definition) is 2. The first-order valence-corrected chi connectivity index (χ1v) is 7.21. The summed E-state index contributed by atoms with van der Waals surface area (Å²) < 4.78 is 23.7. The molecule has 1 amide bonds. The summed E-state index contributed by atoms with van der Waals surface area (Å²) in [5.41, 5.74) is -0.694. The van der Waals surface area contributed by atoms with Crippen LogP contribution < -0.4 is 10.1 Å². The van der Waals surface area contributed by atoms with Crippen molar-refractivity contribution in [1.29, 1.82) is 0 Å². The van der Waals surface area contributed by atoms with Gasteiger partial charge in [-0.15, -0.1) is 0 Å². The van der Waals surface area contributed by atoms with E-state index in [0.29, 0.717) is 0 Å². The molecule has 1 rings (SSSR count). The van der Waals surface area contributed by atoms with E-state index in [1.165, 1.54) is 0 Å². The number of carbonyl (C=O) groups excluding carboxylic acids is 1. The van der Waals surface area contributed by atoms with Gasteiger partial charge in [-0.05, 0) is 32.9 Å². The molecule has 0 spiro atoms. The second-order valence-electron chi connectivity index (χ2n) is 6.24. The van der Waals surface area contributed by atoms with Gasteiger partial charge in [-0.2, -0.15) is 0 Å². The van der Waals surface area contributed by atoms with Crippen molar-refractivity contribution in [2.75, 3.05) is 13.2 Å². The molecule has 0 aliphatic heterocycles. The number of carboxylic acids is 1. The summed E-state index contributed by atoms with van der Waals surface area (Å²) in [6.45, 7) is 7.49. The predicted molar refractivity (Wildman–Crippen MR) is 82.3 cm³/mol. The van der Waals surface area contributed by atoms with E-state index >= 15 is 0 Å². The fourth-order valence-electron chi connectivity index (χ4n) is 1.65. The molecule has 1 aromatic carbocycles. The van der Waals surface area contributed by atoms with Crippen LogP contribution in [-0.2, 0) is 4.74 Å². The Hall–Kier alpha value is -2.31. The molecule has 0 heterocycles. The molecular formula is C16H22FNO5. The fourth-order valence-corrected chi connectivity index (χ4v) is 1.65. The summed E-state index contributed by atoms with van der Waals surface area (Å²) in [7, 11) is 0. The maximum Gasteiger partial charge on any atom is 0.407 e. The highest BCUT2D eigenvalue weighted by molar-refractivity contribution is 5.90. The van der Waals surface area contributed by atoms with Crippen LogP contribution in [0, 0.1) is 11.7 Å². The van der Waals surface area contributed by atoms with Crippen LogP contribution in [0.1, 0.15) is 38.1 Å². The topological polar surface area (TPSA) is 84.9 Å². The Kier molecular flexibility index (Phi) is 6.36. The Morgan fingerprint density at radius 3 is 2.57 bits per heavy atom. The average molecular weight is 327 g/mol. The molecule has 23 heavy (non-hydrogen) atoms. The van der Waals surface area contributed by atoms with E-state index in [1.54, 1.807) is 27.7 Å². The van der Waals surface area contributed by atoms with E-state index in [-0.39, 0.29) is 30.4 Å². The van der Waals surface area contributed by atoms with Crippen molar-refractivity contribution < 1.29 is 28.6 Å². The molecule has 0 radical (unpaired) electrons. The van der Waals surface area contributed by atoms with Crippen LogP contribution in [0.15, 0.2) is 18.2 Å². The molecule has 0 aliphatic rings. The van der Waals surface area contributed by atoms with E-state index in [9.17, 15) is 14.0 Å². The smallest absolute Gasteiger partial charge is 0.407 e. The number of carbonyl (C=O) groups is 2. The summed E-state index contributed by atoms with van der Waals surface area (Å²) >= 11 is 0. The van der Waals surface area contributed by atoms with E-state index in [1.807, 2.05) is 0 Å². The summed E-state index contributed by atoms with van der Waals surface area (Å²) in [6, 6.07) is 3.23. The van der Waals surface area contributed by atoms with Gasteiger partial charge in [0.1, 0.15) is 22.7 Å². The molecular weight excluding hydrogens is 305 g/mol. The van der Waals surface area contributed by atoms with Crippen LogP contribution in [-0.4, -0.2) is 35.9 Å². The van der Waals surface area contributed by atoms with Crippen molar-refractivity contribution in [3.63, 3.8) is 0 Å². The second kappa shape index (κ2) is 7.80. The predicted octanol–water partition coefficient (Wildman–Crippen LogP) is 3.06. The van der Waals surface area contributed by atoms with Crippen molar-refractivity contribution in [3.05, 3.63) is 29.6 Å². The zero-order valence-electron chi connectivity index (χ0n) is 13.7. The Balaban J connectivity index is 2.51. The molecule has 1 atom stereocenters. The van der Waals surface area contributed by atoms with E-state index in [4.69, 9.17) is 14.6 Å². The first kappa shape index (κ1) is 18.7. The number of alkyl carbamates (subject to hydrolysis) is 1. The number of benzene rings is 1. The van der Waals surface area contributed by atoms with Crippen molar-refractivity contribution in [1.82, 2.24) is 5.32 Å². The van der Waals surface area contributed by atoms with Gasteiger partial charge in [0.15, 0.2) is 0 Å². The van der Waals surface area contributed by atoms with Gasteiger partial charge in [0, 0.05) is 18.5 Å². The normalized spacial score (nSPS) is 12.4. The lowest BCUT2D eigenvalue weighted by atomic mass is 10.2. The Bertz CT molecular complexity index is 568. The molecule has 1 unspecified atom stereocenters. The summed E-state index contributed by atoms with van der Waals surface area (Å²) in [6.07, 6.45) is -0.540. The minimum Gasteiger partial charge on any atom is -0.492 e. The highest BCUT2D eigenvalue weighted by atomic mass is 19.1. The number of aromatic carboxylic acids is 1. The monoisotopic (exact) mass is 327 g/mol. The molecule has 128 valence electrons. The van der Waals surface area contributed by atoms with Gasteiger partial charge in [-0.3, -0.25) is 0 Å². The quantitative estimate of drug-likeness (QED) is 0.839. The highest BCUT2D eigenvalue weighted by Crippen LogP contribution is 2.20. The SMILES string of the molecule is CC(CNC(=O)OC(C)(C)C)COc1cc(F)ccc1C(=O)O. The maximum absolute atomic E-state index is 13.2. The fraction of sp³-hybridized carbons (Fsp3) is 0.500. The molecule has 0 saturated carbocycles. The second-order valence-corrected chi connectivity index (χ2v) is 6.24. The molecule has 2 N–H and O–H groups in total. The number of nitrogens with one attached hydrogen (secondary N) is 1. The average Bonchev–Trinajstić information content (AvgIpc) is 2.40. The van der Waals surface area contributed by atoms with Gasteiger partial charge in [0.25, 0.3) is 0 Å². The van der Waals surface area contributed by atoms with Gasteiger partial charge in [0.05, 0.1) is 6.61 Å². The lowest BCUT2D eigenvalue weighted by Crippen LogP contribution is -2.35. The van der Waals surface area contributed by atoms with Crippen LogP contribution in [0.5, 0.6) is 5.75 Å². The number of hydrogen-bond acceptors (Lipinski definition) is 4. The van der Waals surface area contributed by atoms with Gasteiger partial charge >= 0.3 is 12.1 Å². The standard InChI is InChI=1S/C16H22FNO5/c1-10(8-18-15(21)23-16(2,3)4)9-22-13-7-11(17)5-6-12(13)14(19)20/h5-7,10H,8-9H2,1-4H3,(H,18,21)(H,19,20). The zero-order valence-corrected chi connectivity index (χ0v) is 13.7. The number of amides is 1.